The molecule has 1 aromatic heterocycles. The fraction of sp³-hybridized carbons (Fsp3) is 0.400. The number of nitrogens with zero attached hydrogens (tertiary/aromatic N) is 3. The Bertz CT molecular complexity index is 881. The molecule has 0 bridgehead atoms. The van der Waals surface area contributed by atoms with Crippen molar-refractivity contribution >= 4 is 33.5 Å². The maximum Gasteiger partial charge on any atom is 0.235 e. The van der Waals surface area contributed by atoms with Gasteiger partial charge in [0.25, 0.3) is 0 Å². The molecule has 0 radical (unpaired) electrons. The highest BCUT2D eigenvalue weighted by Crippen LogP contribution is 2.30. The number of piperidine rings is 1. The molecular weight excluding hydrogens is 376 g/mol. The average molecular weight is 403 g/mol. The van der Waals surface area contributed by atoms with E-state index >= 15 is 0 Å². The second-order valence-corrected chi connectivity index (χ2v) is 8.80. The van der Waals surface area contributed by atoms with E-state index in [0.29, 0.717) is 24.3 Å². The molecular formula is C20H26N4O3S. The summed E-state index contributed by atoms with van der Waals surface area (Å²) in [4.78, 5) is 17.2. The molecule has 0 aliphatic carbocycles. The van der Waals surface area contributed by atoms with E-state index in [-0.39, 0.29) is 11.7 Å². The fourth-order valence-corrected chi connectivity index (χ4v) is 5.66. The maximum atomic E-state index is 13.1. The van der Waals surface area contributed by atoms with Crippen molar-refractivity contribution in [3.8, 4) is 0 Å². The van der Waals surface area contributed by atoms with Gasteiger partial charge < -0.3 is 10.2 Å². The van der Waals surface area contributed by atoms with Crippen molar-refractivity contribution in [3.05, 3.63) is 48.8 Å². The molecule has 2 aromatic rings. The number of anilines is 3. The van der Waals surface area contributed by atoms with Gasteiger partial charge in [-0.3, -0.25) is 14.1 Å². The molecule has 0 unspecified atom stereocenters. The van der Waals surface area contributed by atoms with E-state index in [1.165, 1.54) is 4.31 Å². The Kier molecular flexibility index (Phi) is 6.51. The topological polar surface area (TPSA) is 82.6 Å². The van der Waals surface area contributed by atoms with Gasteiger partial charge in [0.05, 0.1) is 17.1 Å². The lowest BCUT2D eigenvalue weighted by Crippen LogP contribution is -2.40. The maximum absolute atomic E-state index is 13.1. The summed E-state index contributed by atoms with van der Waals surface area (Å²) in [5.41, 5.74) is 2.13. The summed E-state index contributed by atoms with van der Waals surface area (Å²) in [5, 5.41) is 2.59. The quantitative estimate of drug-likeness (QED) is 0.687. The number of hydrogen-bond acceptors (Lipinski definition) is 5. The van der Waals surface area contributed by atoms with Crippen LogP contribution in [0.15, 0.2) is 48.8 Å². The van der Waals surface area contributed by atoms with Crippen molar-refractivity contribution < 1.29 is 13.2 Å². The first-order chi connectivity index (χ1) is 13.5. The number of benzene rings is 1. The number of carbonyl (C=O) groups excluding carboxylic acids is 1. The van der Waals surface area contributed by atoms with E-state index < -0.39 is 10.0 Å². The largest absolute Gasteiger partial charge is 0.371 e. The molecule has 1 saturated heterocycles. The number of aromatic nitrogens is 1. The van der Waals surface area contributed by atoms with Gasteiger partial charge in [0.15, 0.2) is 0 Å². The summed E-state index contributed by atoms with van der Waals surface area (Å²) < 4.78 is 27.6. The summed E-state index contributed by atoms with van der Waals surface area (Å²) in [6, 6.07) is 10.9. The molecule has 0 atom stereocenters. The standard InChI is InChI=1S/C20H26N4O3S/c1-2-24(20-6-4-3-5-19(20)22-16-25)28(26,27)15-17-9-13-23(14-10-17)18-7-11-21-12-8-18/h3-8,11-12,16-17H,2,9-10,13-15H2,1H3,(H,22,25). The highest BCUT2D eigenvalue weighted by Gasteiger charge is 2.29. The van der Waals surface area contributed by atoms with Crippen LogP contribution < -0.4 is 14.5 Å². The molecule has 150 valence electrons. The van der Waals surface area contributed by atoms with Crippen molar-refractivity contribution in [3.63, 3.8) is 0 Å². The van der Waals surface area contributed by atoms with Crippen LogP contribution in [0.1, 0.15) is 19.8 Å². The molecule has 1 aliphatic heterocycles. The van der Waals surface area contributed by atoms with Crippen LogP contribution in [-0.4, -0.2) is 45.2 Å². The number of para-hydroxylation sites is 2. The lowest BCUT2D eigenvalue weighted by Gasteiger charge is -2.34. The Labute approximate surface area is 166 Å². The second kappa shape index (κ2) is 9.05. The number of nitrogens with one attached hydrogen (secondary N) is 1. The van der Waals surface area contributed by atoms with Crippen LogP contribution in [0.25, 0.3) is 0 Å². The molecule has 7 nitrogen and oxygen atoms in total. The molecule has 1 fully saturated rings. The van der Waals surface area contributed by atoms with Gasteiger partial charge in [0.1, 0.15) is 0 Å². The second-order valence-electron chi connectivity index (χ2n) is 6.86. The Balaban J connectivity index is 1.69. The van der Waals surface area contributed by atoms with Crippen LogP contribution >= 0.6 is 0 Å². The minimum Gasteiger partial charge on any atom is -0.371 e. The normalized spacial score (nSPS) is 15.2. The molecule has 3 rings (SSSR count). The summed E-state index contributed by atoms with van der Waals surface area (Å²) in [6.07, 6.45) is 5.76. The van der Waals surface area contributed by atoms with E-state index in [1.54, 1.807) is 43.6 Å². The van der Waals surface area contributed by atoms with Gasteiger partial charge in [-0.15, -0.1) is 0 Å². The van der Waals surface area contributed by atoms with Gasteiger partial charge in [-0.2, -0.15) is 0 Å². The third kappa shape index (κ3) is 4.62. The Morgan fingerprint density at radius 3 is 2.50 bits per heavy atom. The molecule has 1 aromatic carbocycles. The molecule has 8 heteroatoms. The lowest BCUT2D eigenvalue weighted by molar-refractivity contribution is -0.105. The van der Waals surface area contributed by atoms with Crippen molar-refractivity contribution in [2.24, 2.45) is 5.92 Å². The third-order valence-corrected chi connectivity index (χ3v) is 7.12. The molecule has 0 saturated carbocycles. The molecule has 28 heavy (non-hydrogen) atoms. The predicted octanol–water partition coefficient (Wildman–Crippen LogP) is 2.72. The van der Waals surface area contributed by atoms with Crippen molar-refractivity contribution in [1.82, 2.24) is 4.98 Å². The number of pyridine rings is 1. The third-order valence-electron chi connectivity index (χ3n) is 5.10. The first kappa shape index (κ1) is 20.1. The van der Waals surface area contributed by atoms with Crippen LogP contribution in [0.4, 0.5) is 17.1 Å². The fourth-order valence-electron chi connectivity index (χ4n) is 3.69. The zero-order chi connectivity index (χ0) is 20.0. The summed E-state index contributed by atoms with van der Waals surface area (Å²) in [5.74, 6) is 0.226. The van der Waals surface area contributed by atoms with Crippen LogP contribution in [0.3, 0.4) is 0 Å². The van der Waals surface area contributed by atoms with Crippen LogP contribution in [0.5, 0.6) is 0 Å². The molecule has 0 spiro atoms. The van der Waals surface area contributed by atoms with Crippen molar-refractivity contribution in [2.75, 3.05) is 39.9 Å². The van der Waals surface area contributed by atoms with Crippen LogP contribution in [-0.2, 0) is 14.8 Å². The Morgan fingerprint density at radius 2 is 1.86 bits per heavy atom. The highest BCUT2D eigenvalue weighted by atomic mass is 32.2. The van der Waals surface area contributed by atoms with Crippen LogP contribution in [0, 0.1) is 5.92 Å². The minimum atomic E-state index is -3.50. The van der Waals surface area contributed by atoms with E-state index in [4.69, 9.17) is 0 Å². The summed E-state index contributed by atoms with van der Waals surface area (Å²) >= 11 is 0. The zero-order valence-electron chi connectivity index (χ0n) is 16.0. The van der Waals surface area contributed by atoms with E-state index in [0.717, 1.165) is 31.6 Å². The number of rotatable bonds is 8. The smallest absolute Gasteiger partial charge is 0.235 e. The van der Waals surface area contributed by atoms with Gasteiger partial charge >= 0.3 is 0 Å². The number of amides is 1. The van der Waals surface area contributed by atoms with Crippen LogP contribution in [0.2, 0.25) is 0 Å². The minimum absolute atomic E-state index is 0.112. The van der Waals surface area contributed by atoms with Gasteiger partial charge in [0, 0.05) is 37.7 Å². The molecule has 1 aliphatic rings. The summed E-state index contributed by atoms with van der Waals surface area (Å²) in [7, 11) is -3.50. The van der Waals surface area contributed by atoms with E-state index in [9.17, 15) is 13.2 Å². The van der Waals surface area contributed by atoms with Gasteiger partial charge in [0.2, 0.25) is 16.4 Å². The van der Waals surface area contributed by atoms with E-state index in [2.05, 4.69) is 15.2 Å². The first-order valence-electron chi connectivity index (χ1n) is 9.49. The molecule has 1 N–H and O–H groups in total. The lowest BCUT2D eigenvalue weighted by atomic mass is 9.98. The van der Waals surface area contributed by atoms with E-state index in [1.807, 2.05) is 12.1 Å². The number of hydrogen-bond donors (Lipinski definition) is 1. The Hall–Kier alpha value is -2.61. The monoisotopic (exact) mass is 402 g/mol. The Morgan fingerprint density at radius 1 is 1.18 bits per heavy atom. The predicted molar refractivity (Wildman–Crippen MR) is 112 cm³/mol. The zero-order valence-corrected chi connectivity index (χ0v) is 16.8. The summed E-state index contributed by atoms with van der Waals surface area (Å²) in [6.45, 7) is 3.79. The molecule has 2 heterocycles. The van der Waals surface area contributed by atoms with Gasteiger partial charge in [-0.05, 0) is 49.9 Å². The molecule has 1 amide bonds. The van der Waals surface area contributed by atoms with Crippen molar-refractivity contribution in [1.29, 1.82) is 0 Å². The van der Waals surface area contributed by atoms with Gasteiger partial charge in [-0.1, -0.05) is 12.1 Å². The number of carbonyl (C=O) groups is 1. The average Bonchev–Trinajstić information content (AvgIpc) is 2.71. The van der Waals surface area contributed by atoms with Gasteiger partial charge in [-0.25, -0.2) is 8.42 Å². The first-order valence-corrected chi connectivity index (χ1v) is 11.1. The highest BCUT2D eigenvalue weighted by molar-refractivity contribution is 7.92. The number of sulfonamides is 1. The SMILES string of the molecule is CCN(c1ccccc1NC=O)S(=O)(=O)CC1CCN(c2ccncc2)CC1. The van der Waals surface area contributed by atoms with Crippen molar-refractivity contribution in [2.45, 2.75) is 19.8 Å².